The van der Waals surface area contributed by atoms with Gasteiger partial charge in [0.25, 0.3) is 0 Å². The fourth-order valence-electron chi connectivity index (χ4n) is 3.26. The summed E-state index contributed by atoms with van der Waals surface area (Å²) in [7, 11) is 0. The van der Waals surface area contributed by atoms with Gasteiger partial charge in [0.15, 0.2) is 0 Å². The number of aryl methyl sites for hydroxylation is 1. The lowest BCUT2D eigenvalue weighted by Gasteiger charge is -2.37. The Bertz CT molecular complexity index is 499. The first-order valence-electron chi connectivity index (χ1n) is 8.78. The monoisotopic (exact) mass is 354 g/mol. The van der Waals surface area contributed by atoms with Gasteiger partial charge in [0, 0.05) is 25.8 Å². The van der Waals surface area contributed by atoms with Crippen molar-refractivity contribution in [3.05, 3.63) is 35.4 Å². The maximum absolute atomic E-state index is 13.1. The second-order valence-electron chi connectivity index (χ2n) is 6.61. The molecule has 4 nitrogen and oxygen atoms in total. The normalized spacial score (nSPS) is 17.6. The van der Waals surface area contributed by atoms with Gasteiger partial charge in [0.05, 0.1) is 5.41 Å². The molecule has 0 aliphatic carbocycles. The van der Waals surface area contributed by atoms with Gasteiger partial charge in [-0.1, -0.05) is 49.6 Å². The van der Waals surface area contributed by atoms with Gasteiger partial charge in [0.1, 0.15) is 0 Å². The standard InChI is InChI=1S/C19H30N2O2.ClH/c1-3-4-5-17(14-20)21-18(22)19(10-12-23-13-11-19)16-8-6-15(2)7-9-16;/h6-9,17H,3-5,10-14,20H2,1-2H3,(H,21,22);1H. The van der Waals surface area contributed by atoms with E-state index in [-0.39, 0.29) is 24.4 Å². The number of rotatable bonds is 7. The number of amides is 1. The molecule has 1 fully saturated rings. The van der Waals surface area contributed by atoms with Crippen molar-refractivity contribution in [3.63, 3.8) is 0 Å². The van der Waals surface area contributed by atoms with Crippen molar-refractivity contribution in [3.8, 4) is 0 Å². The van der Waals surface area contributed by atoms with Gasteiger partial charge in [-0.2, -0.15) is 0 Å². The predicted molar refractivity (Wildman–Crippen MR) is 101 cm³/mol. The van der Waals surface area contributed by atoms with E-state index < -0.39 is 5.41 Å². The molecule has 2 rings (SSSR count). The lowest BCUT2D eigenvalue weighted by molar-refractivity contribution is -0.131. The van der Waals surface area contributed by atoms with Crippen molar-refractivity contribution >= 4 is 18.3 Å². The van der Waals surface area contributed by atoms with Crippen LogP contribution in [0.15, 0.2) is 24.3 Å². The Labute approximate surface area is 151 Å². The Kier molecular flexibility index (Phi) is 8.74. The first-order valence-corrected chi connectivity index (χ1v) is 8.78. The van der Waals surface area contributed by atoms with Crippen LogP contribution in [0.5, 0.6) is 0 Å². The number of unbranched alkanes of at least 4 members (excludes halogenated alkanes) is 1. The smallest absolute Gasteiger partial charge is 0.231 e. The van der Waals surface area contributed by atoms with E-state index in [0.717, 1.165) is 37.7 Å². The van der Waals surface area contributed by atoms with E-state index in [4.69, 9.17) is 10.5 Å². The van der Waals surface area contributed by atoms with E-state index in [1.807, 2.05) is 0 Å². The molecule has 24 heavy (non-hydrogen) atoms. The van der Waals surface area contributed by atoms with Crippen LogP contribution >= 0.6 is 12.4 Å². The topological polar surface area (TPSA) is 64.3 Å². The summed E-state index contributed by atoms with van der Waals surface area (Å²) in [4.78, 5) is 13.1. The van der Waals surface area contributed by atoms with Gasteiger partial charge in [-0.15, -0.1) is 12.4 Å². The summed E-state index contributed by atoms with van der Waals surface area (Å²) >= 11 is 0. The van der Waals surface area contributed by atoms with E-state index >= 15 is 0 Å². The van der Waals surface area contributed by atoms with Crippen molar-refractivity contribution in [2.24, 2.45) is 5.73 Å². The summed E-state index contributed by atoms with van der Waals surface area (Å²) in [6.07, 6.45) is 4.60. The van der Waals surface area contributed by atoms with E-state index in [0.29, 0.717) is 19.8 Å². The molecule has 1 heterocycles. The summed E-state index contributed by atoms with van der Waals surface area (Å²) in [5.74, 6) is 0.108. The predicted octanol–water partition coefficient (Wildman–Crippen LogP) is 3.10. The molecule has 0 saturated carbocycles. The molecule has 0 bridgehead atoms. The summed E-state index contributed by atoms with van der Waals surface area (Å²) < 4.78 is 5.51. The summed E-state index contributed by atoms with van der Waals surface area (Å²) in [6.45, 7) is 5.97. The third kappa shape index (κ3) is 4.95. The van der Waals surface area contributed by atoms with Crippen LogP contribution in [0.2, 0.25) is 0 Å². The quantitative estimate of drug-likeness (QED) is 0.790. The van der Waals surface area contributed by atoms with Crippen molar-refractivity contribution in [1.29, 1.82) is 0 Å². The lowest BCUT2D eigenvalue weighted by atomic mass is 9.73. The molecule has 1 saturated heterocycles. The Hall–Kier alpha value is -1.10. The molecule has 3 N–H and O–H groups in total. The van der Waals surface area contributed by atoms with Crippen LogP contribution in [0.3, 0.4) is 0 Å². The highest BCUT2D eigenvalue weighted by Gasteiger charge is 2.42. The van der Waals surface area contributed by atoms with Crippen molar-refractivity contribution in [1.82, 2.24) is 5.32 Å². The summed E-state index contributed by atoms with van der Waals surface area (Å²) in [5.41, 5.74) is 7.67. The average molecular weight is 355 g/mol. The second kappa shape index (κ2) is 10.0. The highest BCUT2D eigenvalue weighted by Crippen LogP contribution is 2.35. The van der Waals surface area contributed by atoms with E-state index in [2.05, 4.69) is 43.4 Å². The maximum atomic E-state index is 13.1. The number of hydrogen-bond acceptors (Lipinski definition) is 3. The molecule has 0 radical (unpaired) electrons. The van der Waals surface area contributed by atoms with Crippen LogP contribution in [0.1, 0.15) is 50.2 Å². The summed E-state index contributed by atoms with van der Waals surface area (Å²) in [5, 5.41) is 3.21. The molecule has 1 atom stereocenters. The van der Waals surface area contributed by atoms with Crippen molar-refractivity contribution in [2.45, 2.75) is 57.4 Å². The Morgan fingerprint density at radius 3 is 2.46 bits per heavy atom. The zero-order chi connectivity index (χ0) is 16.7. The highest BCUT2D eigenvalue weighted by atomic mass is 35.5. The second-order valence-corrected chi connectivity index (χ2v) is 6.61. The van der Waals surface area contributed by atoms with E-state index in [9.17, 15) is 4.79 Å². The molecule has 1 amide bonds. The molecule has 1 aliphatic rings. The number of carbonyl (C=O) groups is 1. The Balaban J connectivity index is 0.00000288. The molecule has 1 aliphatic heterocycles. The lowest BCUT2D eigenvalue weighted by Crippen LogP contribution is -2.52. The third-order valence-electron chi connectivity index (χ3n) is 4.91. The molecule has 1 aromatic carbocycles. The van der Waals surface area contributed by atoms with Crippen LogP contribution in [-0.4, -0.2) is 31.7 Å². The molecule has 0 aromatic heterocycles. The van der Waals surface area contributed by atoms with Gasteiger partial charge in [-0.05, 0) is 31.7 Å². The first kappa shape index (κ1) is 20.9. The fourth-order valence-corrected chi connectivity index (χ4v) is 3.26. The van der Waals surface area contributed by atoms with Gasteiger partial charge >= 0.3 is 0 Å². The van der Waals surface area contributed by atoms with Crippen LogP contribution in [0.25, 0.3) is 0 Å². The number of benzene rings is 1. The number of nitrogens with two attached hydrogens (primary N) is 1. The minimum Gasteiger partial charge on any atom is -0.381 e. The van der Waals surface area contributed by atoms with Crippen LogP contribution in [0.4, 0.5) is 0 Å². The van der Waals surface area contributed by atoms with Crippen molar-refractivity contribution < 1.29 is 9.53 Å². The molecule has 1 unspecified atom stereocenters. The zero-order valence-electron chi connectivity index (χ0n) is 14.8. The molecule has 136 valence electrons. The highest BCUT2D eigenvalue weighted by molar-refractivity contribution is 5.88. The minimum atomic E-state index is -0.481. The number of halogens is 1. The Morgan fingerprint density at radius 1 is 1.29 bits per heavy atom. The van der Waals surface area contributed by atoms with Gasteiger partial charge in [-0.3, -0.25) is 4.79 Å². The fraction of sp³-hybridized carbons (Fsp3) is 0.632. The SMILES string of the molecule is CCCCC(CN)NC(=O)C1(c2ccc(C)cc2)CCOCC1.Cl. The largest absolute Gasteiger partial charge is 0.381 e. The molecule has 0 spiro atoms. The van der Waals surface area contributed by atoms with E-state index in [1.165, 1.54) is 5.56 Å². The number of carbonyl (C=O) groups excluding carboxylic acids is 1. The van der Waals surface area contributed by atoms with Crippen LogP contribution in [-0.2, 0) is 14.9 Å². The first-order chi connectivity index (χ1) is 11.1. The number of ether oxygens (including phenoxy) is 1. The maximum Gasteiger partial charge on any atom is 0.231 e. The zero-order valence-corrected chi connectivity index (χ0v) is 15.7. The van der Waals surface area contributed by atoms with Crippen molar-refractivity contribution in [2.75, 3.05) is 19.8 Å². The molecular weight excluding hydrogens is 324 g/mol. The summed E-state index contributed by atoms with van der Waals surface area (Å²) in [6, 6.07) is 8.40. The van der Waals surface area contributed by atoms with E-state index in [1.54, 1.807) is 0 Å². The number of nitrogens with one attached hydrogen (secondary N) is 1. The molecule has 5 heteroatoms. The average Bonchev–Trinajstić information content (AvgIpc) is 2.59. The third-order valence-corrected chi connectivity index (χ3v) is 4.91. The molecular formula is C19H31ClN2O2. The van der Waals surface area contributed by atoms with Gasteiger partial charge in [0.2, 0.25) is 5.91 Å². The minimum absolute atomic E-state index is 0. The molecule has 1 aromatic rings. The van der Waals surface area contributed by atoms with Gasteiger partial charge in [-0.25, -0.2) is 0 Å². The van der Waals surface area contributed by atoms with Crippen LogP contribution in [0, 0.1) is 6.92 Å². The van der Waals surface area contributed by atoms with Gasteiger partial charge < -0.3 is 15.8 Å². The van der Waals surface area contributed by atoms with Crippen LogP contribution < -0.4 is 11.1 Å². The number of hydrogen-bond donors (Lipinski definition) is 2. The Morgan fingerprint density at radius 2 is 1.92 bits per heavy atom.